The lowest BCUT2D eigenvalue weighted by molar-refractivity contribution is 0.112. The molecular formula is C17H29NO. The van der Waals surface area contributed by atoms with Gasteiger partial charge in [0.2, 0.25) is 0 Å². The second kappa shape index (κ2) is 10.8. The van der Waals surface area contributed by atoms with Gasteiger partial charge in [0.15, 0.2) is 6.29 Å². The van der Waals surface area contributed by atoms with Crippen LogP contribution in [0, 0.1) is 0 Å². The van der Waals surface area contributed by atoms with E-state index in [1.807, 2.05) is 18.5 Å². The lowest BCUT2D eigenvalue weighted by atomic mass is 10.1. The van der Waals surface area contributed by atoms with E-state index in [9.17, 15) is 4.79 Å². The van der Waals surface area contributed by atoms with E-state index in [0.717, 1.165) is 18.4 Å². The number of aromatic nitrogens is 1. The summed E-state index contributed by atoms with van der Waals surface area (Å²) in [5.41, 5.74) is 0.784. The molecule has 0 aromatic carbocycles. The highest BCUT2D eigenvalue weighted by atomic mass is 16.1. The molecule has 0 atom stereocenters. The molecule has 1 aromatic rings. The number of aryl methyl sites for hydroxylation is 1. The molecule has 0 unspecified atom stereocenters. The van der Waals surface area contributed by atoms with Crippen molar-refractivity contribution in [1.29, 1.82) is 0 Å². The topological polar surface area (TPSA) is 22.0 Å². The molecule has 1 heterocycles. The molecule has 0 aliphatic rings. The van der Waals surface area contributed by atoms with Gasteiger partial charge in [0.05, 0.1) is 0 Å². The molecule has 0 aliphatic heterocycles. The minimum Gasteiger partial charge on any atom is -0.354 e. The first kappa shape index (κ1) is 16.0. The van der Waals surface area contributed by atoms with Gasteiger partial charge in [0, 0.05) is 24.5 Å². The van der Waals surface area contributed by atoms with Crippen LogP contribution in [0.1, 0.15) is 81.5 Å². The van der Waals surface area contributed by atoms with Crippen LogP contribution in [0.5, 0.6) is 0 Å². The number of carbonyl (C=O) groups excluding carboxylic acids is 1. The number of rotatable bonds is 12. The zero-order valence-corrected chi connectivity index (χ0v) is 12.4. The van der Waals surface area contributed by atoms with Crippen molar-refractivity contribution in [1.82, 2.24) is 4.57 Å². The molecule has 2 nitrogen and oxygen atoms in total. The molecule has 0 radical (unpaired) electrons. The van der Waals surface area contributed by atoms with Crippen molar-refractivity contribution in [3.8, 4) is 0 Å². The maximum absolute atomic E-state index is 10.5. The molecule has 0 N–H and O–H groups in total. The van der Waals surface area contributed by atoms with Crippen LogP contribution >= 0.6 is 0 Å². The summed E-state index contributed by atoms with van der Waals surface area (Å²) < 4.78 is 2.12. The Morgan fingerprint density at radius 1 is 0.947 bits per heavy atom. The zero-order chi connectivity index (χ0) is 13.8. The Kier molecular flexibility index (Phi) is 9.13. The maximum atomic E-state index is 10.5. The fourth-order valence-corrected chi connectivity index (χ4v) is 2.45. The molecule has 0 spiro atoms. The molecule has 2 heteroatoms. The van der Waals surface area contributed by atoms with Gasteiger partial charge in [0.25, 0.3) is 0 Å². The predicted molar refractivity (Wildman–Crippen MR) is 81.7 cm³/mol. The summed E-state index contributed by atoms with van der Waals surface area (Å²) in [6, 6.07) is 1.88. The third-order valence-electron chi connectivity index (χ3n) is 3.68. The van der Waals surface area contributed by atoms with E-state index in [0.29, 0.717) is 0 Å². The second-order valence-electron chi connectivity index (χ2n) is 5.48. The highest BCUT2D eigenvalue weighted by Crippen LogP contribution is 2.11. The van der Waals surface area contributed by atoms with E-state index in [1.165, 1.54) is 64.2 Å². The van der Waals surface area contributed by atoms with Crippen LogP contribution in [-0.2, 0) is 6.54 Å². The molecule has 0 bridgehead atoms. The van der Waals surface area contributed by atoms with Gasteiger partial charge in [-0.05, 0) is 12.5 Å². The number of hydrogen-bond donors (Lipinski definition) is 0. The summed E-state index contributed by atoms with van der Waals surface area (Å²) in [4.78, 5) is 10.5. The normalized spacial score (nSPS) is 10.8. The number of carbonyl (C=O) groups is 1. The van der Waals surface area contributed by atoms with Gasteiger partial charge in [0.1, 0.15) is 0 Å². The van der Waals surface area contributed by atoms with Gasteiger partial charge in [-0.1, -0.05) is 64.7 Å². The van der Waals surface area contributed by atoms with E-state index >= 15 is 0 Å². The van der Waals surface area contributed by atoms with Gasteiger partial charge in [-0.15, -0.1) is 0 Å². The Labute approximate surface area is 118 Å². The first-order valence-electron chi connectivity index (χ1n) is 7.97. The first-order valence-corrected chi connectivity index (χ1v) is 7.97. The SMILES string of the molecule is CCCCCCCCCCCCn1ccc(C=O)c1. The van der Waals surface area contributed by atoms with Gasteiger partial charge >= 0.3 is 0 Å². The Morgan fingerprint density at radius 2 is 1.53 bits per heavy atom. The largest absolute Gasteiger partial charge is 0.354 e. The van der Waals surface area contributed by atoms with E-state index < -0.39 is 0 Å². The monoisotopic (exact) mass is 263 g/mol. The summed E-state index contributed by atoms with van der Waals surface area (Å²) in [6.45, 7) is 3.31. The Bertz CT molecular complexity index is 330. The molecule has 0 fully saturated rings. The second-order valence-corrected chi connectivity index (χ2v) is 5.48. The predicted octanol–water partition coefficient (Wildman–Crippen LogP) is 5.22. The number of aldehydes is 1. The van der Waals surface area contributed by atoms with Gasteiger partial charge in [-0.25, -0.2) is 0 Å². The van der Waals surface area contributed by atoms with Gasteiger partial charge in [-0.3, -0.25) is 4.79 Å². The number of hydrogen-bond acceptors (Lipinski definition) is 1. The minimum absolute atomic E-state index is 0.784. The summed E-state index contributed by atoms with van der Waals surface area (Å²) in [5.74, 6) is 0. The fourth-order valence-electron chi connectivity index (χ4n) is 2.45. The molecule has 1 rings (SSSR count). The maximum Gasteiger partial charge on any atom is 0.151 e. The molecule has 0 amide bonds. The number of unbranched alkanes of at least 4 members (excludes halogenated alkanes) is 9. The van der Waals surface area contributed by atoms with Crippen molar-refractivity contribution in [3.63, 3.8) is 0 Å². The van der Waals surface area contributed by atoms with Crippen molar-refractivity contribution in [2.75, 3.05) is 0 Å². The van der Waals surface area contributed by atoms with E-state index in [-0.39, 0.29) is 0 Å². The summed E-state index contributed by atoms with van der Waals surface area (Å²) >= 11 is 0. The van der Waals surface area contributed by atoms with Crippen LogP contribution in [0.15, 0.2) is 18.5 Å². The van der Waals surface area contributed by atoms with Crippen LogP contribution in [-0.4, -0.2) is 10.9 Å². The summed E-state index contributed by atoms with van der Waals surface area (Å²) in [5, 5.41) is 0. The fraction of sp³-hybridized carbons (Fsp3) is 0.706. The molecule has 19 heavy (non-hydrogen) atoms. The summed E-state index contributed by atoms with van der Waals surface area (Å²) in [6.07, 6.45) is 18.5. The van der Waals surface area contributed by atoms with Crippen LogP contribution in [0.2, 0.25) is 0 Å². The standard InChI is InChI=1S/C17H29NO/c1-2-3-4-5-6-7-8-9-10-11-13-18-14-12-17(15-18)16-19/h12,14-16H,2-11,13H2,1H3. The quantitative estimate of drug-likeness (QED) is 0.374. The van der Waals surface area contributed by atoms with E-state index in [1.54, 1.807) is 0 Å². The van der Waals surface area contributed by atoms with Gasteiger partial charge in [-0.2, -0.15) is 0 Å². The third kappa shape index (κ3) is 7.86. The smallest absolute Gasteiger partial charge is 0.151 e. The zero-order valence-electron chi connectivity index (χ0n) is 12.4. The van der Waals surface area contributed by atoms with Crippen molar-refractivity contribution in [2.45, 2.75) is 77.7 Å². The molecule has 0 saturated heterocycles. The van der Waals surface area contributed by atoms with Gasteiger partial charge < -0.3 is 4.57 Å². The highest BCUT2D eigenvalue weighted by molar-refractivity contribution is 5.74. The first-order chi connectivity index (χ1) is 9.36. The van der Waals surface area contributed by atoms with Crippen molar-refractivity contribution in [2.24, 2.45) is 0 Å². The minimum atomic E-state index is 0.784. The highest BCUT2D eigenvalue weighted by Gasteiger charge is 1.96. The van der Waals surface area contributed by atoms with E-state index in [4.69, 9.17) is 0 Å². The van der Waals surface area contributed by atoms with Crippen LogP contribution in [0.25, 0.3) is 0 Å². The molecular weight excluding hydrogens is 234 g/mol. The van der Waals surface area contributed by atoms with Crippen LogP contribution in [0.3, 0.4) is 0 Å². The Balaban J connectivity index is 1.87. The lowest BCUT2D eigenvalue weighted by Gasteiger charge is -2.03. The number of nitrogens with zero attached hydrogens (tertiary/aromatic N) is 1. The average molecular weight is 263 g/mol. The van der Waals surface area contributed by atoms with Crippen molar-refractivity contribution < 1.29 is 4.79 Å². The van der Waals surface area contributed by atoms with E-state index in [2.05, 4.69) is 11.5 Å². The van der Waals surface area contributed by atoms with Crippen LogP contribution < -0.4 is 0 Å². The Hall–Kier alpha value is -1.05. The van der Waals surface area contributed by atoms with Crippen molar-refractivity contribution in [3.05, 3.63) is 24.0 Å². The lowest BCUT2D eigenvalue weighted by Crippen LogP contribution is -1.94. The Morgan fingerprint density at radius 3 is 2.05 bits per heavy atom. The molecule has 0 aliphatic carbocycles. The molecule has 0 saturated carbocycles. The average Bonchev–Trinajstić information content (AvgIpc) is 2.89. The van der Waals surface area contributed by atoms with Crippen molar-refractivity contribution >= 4 is 6.29 Å². The third-order valence-corrected chi connectivity index (χ3v) is 3.68. The molecule has 108 valence electrons. The molecule has 1 aromatic heterocycles. The van der Waals surface area contributed by atoms with Crippen LogP contribution in [0.4, 0.5) is 0 Å². The summed E-state index contributed by atoms with van der Waals surface area (Å²) in [7, 11) is 0.